The van der Waals surface area contributed by atoms with Crippen LogP contribution in [0.25, 0.3) is 0 Å². The van der Waals surface area contributed by atoms with Gasteiger partial charge in [0.15, 0.2) is 0 Å². The van der Waals surface area contributed by atoms with Gasteiger partial charge in [-0.1, -0.05) is 97.3 Å². The van der Waals surface area contributed by atoms with Gasteiger partial charge < -0.3 is 9.47 Å². The molecule has 0 bridgehead atoms. The minimum absolute atomic E-state index is 0.0335. The molecule has 1 heterocycles. The van der Waals surface area contributed by atoms with E-state index in [2.05, 4.69) is 25.3 Å². The summed E-state index contributed by atoms with van der Waals surface area (Å²) in [5.74, 6) is 0. The van der Waals surface area contributed by atoms with Crippen molar-refractivity contribution in [3.05, 3.63) is 6.54 Å². The lowest BCUT2D eigenvalue weighted by molar-refractivity contribution is 0.0257. The van der Waals surface area contributed by atoms with Crippen LogP contribution in [0.5, 0.6) is 0 Å². The Bertz CT molecular complexity index is 349. The first-order valence-electron chi connectivity index (χ1n) is 11.7. The molecule has 0 spiro atoms. The van der Waals surface area contributed by atoms with E-state index in [0.717, 1.165) is 32.4 Å². The molecule has 0 saturated carbocycles. The Balaban J connectivity index is 1.76. The van der Waals surface area contributed by atoms with Crippen LogP contribution < -0.4 is 0 Å². The van der Waals surface area contributed by atoms with Crippen LogP contribution >= 0.6 is 0 Å². The van der Waals surface area contributed by atoms with Gasteiger partial charge in [0.1, 0.15) is 6.10 Å². The quantitative estimate of drug-likeness (QED) is 0.203. The normalized spacial score (nSPS) is 17.3. The molecule has 1 saturated heterocycles. The molecule has 1 atom stereocenters. The van der Waals surface area contributed by atoms with Gasteiger partial charge in [-0.15, -0.1) is 0 Å². The maximum atomic E-state index is 11.7. The van der Waals surface area contributed by atoms with Crippen molar-refractivity contribution in [2.24, 2.45) is 0 Å². The van der Waals surface area contributed by atoms with Crippen molar-refractivity contribution in [3.8, 4) is 0 Å². The lowest BCUT2D eigenvalue weighted by Crippen LogP contribution is -2.24. The van der Waals surface area contributed by atoms with Crippen LogP contribution in [0, 0.1) is 6.54 Å². The zero-order chi connectivity index (χ0) is 19.6. The predicted octanol–water partition coefficient (Wildman–Crippen LogP) is 6.88. The Hall–Kier alpha value is -0.770. The van der Waals surface area contributed by atoms with E-state index in [9.17, 15) is 4.79 Å². The molecule has 1 fully saturated rings. The molecule has 0 aliphatic carbocycles. The van der Waals surface area contributed by atoms with Crippen LogP contribution in [0.1, 0.15) is 110 Å². The maximum absolute atomic E-state index is 11.7. The summed E-state index contributed by atoms with van der Waals surface area (Å²) in [6.07, 6.45) is 18.9. The zero-order valence-corrected chi connectivity index (χ0v) is 18.1. The topological polar surface area (TPSA) is 38.8 Å². The number of nitrogens with zero attached hydrogens (tertiary/aromatic N) is 1. The molecule has 0 aromatic rings. The van der Waals surface area contributed by atoms with Crippen LogP contribution in [0.2, 0.25) is 0 Å². The van der Waals surface area contributed by atoms with Crippen LogP contribution in [0.4, 0.5) is 4.79 Å². The first kappa shape index (κ1) is 24.3. The fourth-order valence-corrected chi connectivity index (χ4v) is 3.64. The van der Waals surface area contributed by atoms with Crippen LogP contribution in [0.15, 0.2) is 0 Å². The van der Waals surface area contributed by atoms with Crippen LogP contribution in [-0.4, -0.2) is 36.9 Å². The van der Waals surface area contributed by atoms with Gasteiger partial charge in [0.05, 0.1) is 6.61 Å². The first-order chi connectivity index (χ1) is 13.3. The van der Waals surface area contributed by atoms with Gasteiger partial charge in [-0.25, -0.2) is 4.79 Å². The van der Waals surface area contributed by atoms with Gasteiger partial charge in [0, 0.05) is 19.5 Å². The molecular weight excluding hydrogens is 338 g/mol. The monoisotopic (exact) mass is 382 g/mol. The Kier molecular flexibility index (Phi) is 15.6. The molecule has 27 heavy (non-hydrogen) atoms. The van der Waals surface area contributed by atoms with Gasteiger partial charge in [0.2, 0.25) is 0 Å². The Morgan fingerprint density at radius 1 is 0.852 bits per heavy atom. The SMILES string of the molecule is CCCCCCCCCCCCCCCCOC(=O)OC1C[CH]N(CC)C1. The van der Waals surface area contributed by atoms with Crippen molar-refractivity contribution < 1.29 is 14.3 Å². The minimum Gasteiger partial charge on any atom is -0.434 e. The zero-order valence-electron chi connectivity index (χ0n) is 18.1. The molecule has 1 aliphatic rings. The highest BCUT2D eigenvalue weighted by atomic mass is 16.7. The minimum atomic E-state index is -0.499. The number of unbranched alkanes of at least 4 members (excludes halogenated alkanes) is 13. The van der Waals surface area contributed by atoms with E-state index in [1.807, 2.05) is 0 Å². The van der Waals surface area contributed by atoms with Gasteiger partial charge in [0.25, 0.3) is 0 Å². The smallest absolute Gasteiger partial charge is 0.434 e. The van der Waals surface area contributed by atoms with E-state index in [1.54, 1.807) is 0 Å². The standard InChI is InChI=1S/C23H44NO3/c1-3-5-6-7-8-9-10-11-12-13-14-15-16-17-20-26-23(25)27-22-18-19-24(4-2)21-22/h19,22H,3-18,20-21H2,1-2H3. The van der Waals surface area contributed by atoms with E-state index in [0.29, 0.717) is 6.61 Å². The number of carbonyl (C=O) groups excluding carboxylic acids is 1. The third-order valence-electron chi connectivity index (χ3n) is 5.45. The molecule has 1 radical (unpaired) electrons. The van der Waals surface area contributed by atoms with Gasteiger partial charge in [-0.3, -0.25) is 4.90 Å². The second-order valence-electron chi connectivity index (χ2n) is 7.94. The van der Waals surface area contributed by atoms with Crippen molar-refractivity contribution in [2.75, 3.05) is 19.7 Å². The lowest BCUT2D eigenvalue weighted by Gasteiger charge is -2.13. The predicted molar refractivity (Wildman–Crippen MR) is 113 cm³/mol. The average Bonchev–Trinajstić information content (AvgIpc) is 3.12. The van der Waals surface area contributed by atoms with E-state index >= 15 is 0 Å². The lowest BCUT2D eigenvalue weighted by atomic mass is 10.0. The summed E-state index contributed by atoms with van der Waals surface area (Å²) in [4.78, 5) is 13.8. The first-order valence-corrected chi connectivity index (χ1v) is 11.7. The number of hydrogen-bond acceptors (Lipinski definition) is 4. The molecule has 0 amide bonds. The summed E-state index contributed by atoms with van der Waals surface area (Å²) in [6, 6.07) is 0. The highest BCUT2D eigenvalue weighted by molar-refractivity contribution is 5.60. The summed E-state index contributed by atoms with van der Waals surface area (Å²) in [7, 11) is 0. The molecule has 4 heteroatoms. The number of likely N-dealkylation sites (tertiary alicyclic amines) is 1. The summed E-state index contributed by atoms with van der Waals surface area (Å²) in [6.45, 7) is 8.73. The van der Waals surface area contributed by atoms with Gasteiger partial charge in [-0.2, -0.15) is 0 Å². The Morgan fingerprint density at radius 3 is 1.85 bits per heavy atom. The molecule has 1 aliphatic heterocycles. The van der Waals surface area contributed by atoms with E-state index in [4.69, 9.17) is 9.47 Å². The van der Waals surface area contributed by atoms with E-state index < -0.39 is 6.16 Å². The average molecular weight is 383 g/mol. The molecule has 0 aromatic heterocycles. The van der Waals surface area contributed by atoms with Gasteiger partial charge >= 0.3 is 6.16 Å². The summed E-state index contributed by atoms with van der Waals surface area (Å²) in [5, 5.41) is 0. The summed E-state index contributed by atoms with van der Waals surface area (Å²) >= 11 is 0. The van der Waals surface area contributed by atoms with Crippen LogP contribution in [-0.2, 0) is 9.47 Å². The number of ether oxygens (including phenoxy) is 2. The van der Waals surface area contributed by atoms with Crippen molar-refractivity contribution in [2.45, 2.75) is 116 Å². The number of hydrogen-bond donors (Lipinski definition) is 0. The van der Waals surface area contributed by atoms with Crippen molar-refractivity contribution in [1.29, 1.82) is 0 Å². The summed E-state index contributed by atoms with van der Waals surface area (Å²) < 4.78 is 10.5. The molecule has 0 aromatic carbocycles. The number of carbonyl (C=O) groups is 1. The number of rotatable bonds is 17. The fraction of sp³-hybridized carbons (Fsp3) is 0.913. The van der Waals surface area contributed by atoms with Crippen molar-refractivity contribution in [3.63, 3.8) is 0 Å². The molecule has 1 unspecified atom stereocenters. The molecule has 0 N–H and O–H groups in total. The third kappa shape index (κ3) is 14.0. The highest BCUT2D eigenvalue weighted by Gasteiger charge is 2.25. The third-order valence-corrected chi connectivity index (χ3v) is 5.45. The molecule has 159 valence electrons. The van der Waals surface area contributed by atoms with Gasteiger partial charge in [-0.05, 0) is 13.0 Å². The second-order valence-corrected chi connectivity index (χ2v) is 7.94. The molecule has 1 rings (SSSR count). The Morgan fingerprint density at radius 2 is 1.37 bits per heavy atom. The van der Waals surface area contributed by atoms with E-state index in [1.165, 1.54) is 77.0 Å². The van der Waals surface area contributed by atoms with Crippen LogP contribution in [0.3, 0.4) is 0 Å². The van der Waals surface area contributed by atoms with Crippen molar-refractivity contribution >= 4 is 6.16 Å². The Labute approximate surface area is 168 Å². The fourth-order valence-electron chi connectivity index (χ4n) is 3.64. The second kappa shape index (κ2) is 17.3. The molecule has 4 nitrogen and oxygen atoms in total. The van der Waals surface area contributed by atoms with Crippen molar-refractivity contribution in [1.82, 2.24) is 4.90 Å². The molecular formula is C23H44NO3. The maximum Gasteiger partial charge on any atom is 0.508 e. The summed E-state index contributed by atoms with van der Waals surface area (Å²) in [5.41, 5.74) is 0. The number of likely N-dealkylation sites (N-methyl/N-ethyl adjacent to an activating group) is 1. The highest BCUT2D eigenvalue weighted by Crippen LogP contribution is 2.16. The van der Waals surface area contributed by atoms with E-state index in [-0.39, 0.29) is 6.10 Å². The largest absolute Gasteiger partial charge is 0.508 e.